The van der Waals surface area contributed by atoms with E-state index in [4.69, 9.17) is 10.00 Å². The van der Waals surface area contributed by atoms with Gasteiger partial charge in [-0.15, -0.1) is 0 Å². The lowest BCUT2D eigenvalue weighted by molar-refractivity contribution is 0.0364. The molecule has 0 amide bonds. The molecule has 100 valence electrons. The number of aryl methyl sites for hydroxylation is 1. The van der Waals surface area contributed by atoms with E-state index in [1.165, 1.54) is 0 Å². The molecule has 1 aromatic rings. The molecule has 0 radical (unpaired) electrons. The summed E-state index contributed by atoms with van der Waals surface area (Å²) in [5.41, 5.74) is 1.38. The molecule has 2 aliphatic rings. The summed E-state index contributed by atoms with van der Waals surface area (Å²) in [6.07, 6.45) is 2.85. The number of hydrogen-bond donors (Lipinski definition) is 0. The molecule has 1 fully saturated rings. The minimum Gasteiger partial charge on any atom is -0.487 e. The lowest BCUT2D eigenvalue weighted by Crippen LogP contribution is -2.46. The highest BCUT2D eigenvalue weighted by molar-refractivity contribution is 7.91. The third-order valence-corrected chi connectivity index (χ3v) is 5.76. The molecular formula is C14H15NO3S. The summed E-state index contributed by atoms with van der Waals surface area (Å²) in [6.45, 7) is 0. The summed E-state index contributed by atoms with van der Waals surface area (Å²) < 4.78 is 29.1. The maximum atomic E-state index is 11.5. The first kappa shape index (κ1) is 12.5. The number of nitriles is 1. The van der Waals surface area contributed by atoms with Gasteiger partial charge in [-0.2, -0.15) is 5.26 Å². The first-order valence-electron chi connectivity index (χ1n) is 6.44. The van der Waals surface area contributed by atoms with E-state index >= 15 is 0 Å². The molecule has 3 rings (SSSR count). The van der Waals surface area contributed by atoms with Gasteiger partial charge < -0.3 is 4.74 Å². The van der Waals surface area contributed by atoms with Gasteiger partial charge in [0.2, 0.25) is 0 Å². The van der Waals surface area contributed by atoms with Crippen LogP contribution in [0.3, 0.4) is 0 Å². The quantitative estimate of drug-likeness (QED) is 0.725. The van der Waals surface area contributed by atoms with Crippen molar-refractivity contribution in [1.82, 2.24) is 0 Å². The van der Waals surface area contributed by atoms with Crippen LogP contribution in [0.25, 0.3) is 0 Å². The number of hydrogen-bond acceptors (Lipinski definition) is 4. The van der Waals surface area contributed by atoms with Crippen LogP contribution in [0.5, 0.6) is 5.75 Å². The van der Waals surface area contributed by atoms with E-state index in [0.29, 0.717) is 18.4 Å². The summed E-state index contributed by atoms with van der Waals surface area (Å²) in [6, 6.07) is 7.57. The molecule has 5 heteroatoms. The number of rotatable bonds is 0. The molecule has 0 unspecified atom stereocenters. The molecule has 4 nitrogen and oxygen atoms in total. The van der Waals surface area contributed by atoms with Crippen molar-refractivity contribution in [2.45, 2.75) is 31.3 Å². The first-order valence-corrected chi connectivity index (χ1v) is 8.27. The van der Waals surface area contributed by atoms with Crippen LogP contribution in [-0.4, -0.2) is 25.5 Å². The molecule has 0 N–H and O–H groups in total. The van der Waals surface area contributed by atoms with Crippen molar-refractivity contribution in [3.05, 3.63) is 29.3 Å². The molecule has 1 spiro atoms. The van der Waals surface area contributed by atoms with Gasteiger partial charge in [0.05, 0.1) is 23.1 Å². The fraction of sp³-hybridized carbons (Fsp3) is 0.500. The molecule has 0 saturated carbocycles. The fourth-order valence-corrected chi connectivity index (χ4v) is 4.42. The topological polar surface area (TPSA) is 67.2 Å². The molecule has 0 aliphatic carbocycles. The molecule has 0 atom stereocenters. The van der Waals surface area contributed by atoms with Crippen LogP contribution < -0.4 is 4.74 Å². The molecule has 2 aliphatic heterocycles. The highest BCUT2D eigenvalue weighted by Crippen LogP contribution is 2.40. The van der Waals surface area contributed by atoms with Gasteiger partial charge in [0.25, 0.3) is 0 Å². The Labute approximate surface area is 112 Å². The summed E-state index contributed by atoms with van der Waals surface area (Å²) in [5, 5.41) is 8.88. The fourth-order valence-electron chi connectivity index (χ4n) is 2.85. The van der Waals surface area contributed by atoms with E-state index in [1.54, 1.807) is 6.07 Å². The zero-order valence-electron chi connectivity index (χ0n) is 10.6. The maximum absolute atomic E-state index is 11.5. The standard InChI is InChI=1S/C14H15NO3S/c15-10-11-1-2-13-12(9-11)3-4-14(18-13)5-7-19(16,17)8-6-14/h1-2,9H,3-8H2. The zero-order valence-corrected chi connectivity index (χ0v) is 11.4. The van der Waals surface area contributed by atoms with E-state index in [-0.39, 0.29) is 17.1 Å². The second-order valence-electron chi connectivity index (χ2n) is 5.37. The first-order chi connectivity index (χ1) is 9.02. The maximum Gasteiger partial charge on any atom is 0.150 e. The summed E-state index contributed by atoms with van der Waals surface area (Å²) in [5.74, 6) is 1.25. The second-order valence-corrected chi connectivity index (χ2v) is 7.67. The largest absolute Gasteiger partial charge is 0.487 e. The molecule has 0 bridgehead atoms. The van der Waals surface area contributed by atoms with E-state index in [0.717, 1.165) is 24.2 Å². The van der Waals surface area contributed by atoms with Crippen LogP contribution in [0.4, 0.5) is 0 Å². The van der Waals surface area contributed by atoms with Gasteiger partial charge in [0, 0.05) is 12.8 Å². The van der Waals surface area contributed by atoms with Crippen LogP contribution >= 0.6 is 0 Å². The number of sulfone groups is 1. The smallest absolute Gasteiger partial charge is 0.150 e. The number of benzene rings is 1. The Kier molecular flexibility index (Phi) is 2.79. The van der Waals surface area contributed by atoms with Gasteiger partial charge in [0.15, 0.2) is 9.84 Å². The highest BCUT2D eigenvalue weighted by atomic mass is 32.2. The van der Waals surface area contributed by atoms with Crippen molar-refractivity contribution >= 4 is 9.84 Å². The Morgan fingerprint density at radius 1 is 1.21 bits per heavy atom. The highest BCUT2D eigenvalue weighted by Gasteiger charge is 2.41. The van der Waals surface area contributed by atoms with Crippen molar-refractivity contribution in [1.29, 1.82) is 5.26 Å². The molecule has 1 aromatic carbocycles. The number of nitrogens with zero attached hydrogens (tertiary/aromatic N) is 1. The van der Waals surface area contributed by atoms with Gasteiger partial charge in [-0.05, 0) is 36.6 Å². The van der Waals surface area contributed by atoms with Gasteiger partial charge >= 0.3 is 0 Å². The predicted molar refractivity (Wildman–Crippen MR) is 70.7 cm³/mol. The number of ether oxygens (including phenoxy) is 1. The van der Waals surface area contributed by atoms with Gasteiger partial charge in [-0.3, -0.25) is 0 Å². The van der Waals surface area contributed by atoms with E-state index in [2.05, 4.69) is 6.07 Å². The van der Waals surface area contributed by atoms with Crippen LogP contribution in [0.1, 0.15) is 30.4 Å². The Morgan fingerprint density at radius 3 is 2.63 bits per heavy atom. The average molecular weight is 277 g/mol. The third-order valence-electron chi connectivity index (χ3n) is 4.10. The summed E-state index contributed by atoms with van der Waals surface area (Å²) in [7, 11) is -2.87. The van der Waals surface area contributed by atoms with Crippen molar-refractivity contribution < 1.29 is 13.2 Å². The third kappa shape index (κ3) is 2.33. The minimum absolute atomic E-state index is 0.221. The monoisotopic (exact) mass is 277 g/mol. The Hall–Kier alpha value is -1.54. The van der Waals surface area contributed by atoms with Crippen LogP contribution in [0.2, 0.25) is 0 Å². The van der Waals surface area contributed by atoms with E-state index in [9.17, 15) is 8.42 Å². The van der Waals surface area contributed by atoms with Crippen molar-refractivity contribution in [3.63, 3.8) is 0 Å². The predicted octanol–water partition coefficient (Wildman–Crippen LogP) is 1.83. The van der Waals surface area contributed by atoms with E-state index < -0.39 is 9.84 Å². The van der Waals surface area contributed by atoms with Crippen LogP contribution in [-0.2, 0) is 16.3 Å². The van der Waals surface area contributed by atoms with Crippen molar-refractivity contribution in [3.8, 4) is 11.8 Å². The Balaban J connectivity index is 1.85. The summed E-state index contributed by atoms with van der Waals surface area (Å²) in [4.78, 5) is 0. The normalized spacial score (nSPS) is 23.1. The lowest BCUT2D eigenvalue weighted by atomic mass is 9.86. The molecular weight excluding hydrogens is 262 g/mol. The zero-order chi connectivity index (χ0) is 13.5. The van der Waals surface area contributed by atoms with Gasteiger partial charge in [-0.25, -0.2) is 8.42 Å². The number of fused-ring (bicyclic) bond motifs is 1. The average Bonchev–Trinajstić information content (AvgIpc) is 2.42. The Morgan fingerprint density at radius 2 is 1.95 bits per heavy atom. The van der Waals surface area contributed by atoms with Crippen LogP contribution in [0.15, 0.2) is 18.2 Å². The second kappa shape index (κ2) is 4.24. The van der Waals surface area contributed by atoms with E-state index in [1.807, 2.05) is 12.1 Å². The van der Waals surface area contributed by atoms with Gasteiger partial charge in [0.1, 0.15) is 11.4 Å². The molecule has 1 saturated heterocycles. The Bertz CT molecular complexity index is 644. The van der Waals surface area contributed by atoms with Gasteiger partial charge in [-0.1, -0.05) is 0 Å². The minimum atomic E-state index is -2.87. The summed E-state index contributed by atoms with van der Waals surface area (Å²) >= 11 is 0. The molecule has 19 heavy (non-hydrogen) atoms. The van der Waals surface area contributed by atoms with Crippen molar-refractivity contribution in [2.24, 2.45) is 0 Å². The molecule has 0 aromatic heterocycles. The SMILES string of the molecule is N#Cc1ccc2c(c1)CCC1(CCS(=O)(=O)CC1)O2. The lowest BCUT2D eigenvalue weighted by Gasteiger charge is -2.41. The van der Waals surface area contributed by atoms with Crippen molar-refractivity contribution in [2.75, 3.05) is 11.5 Å². The molecule has 2 heterocycles. The van der Waals surface area contributed by atoms with Crippen LogP contribution in [0, 0.1) is 11.3 Å².